The highest BCUT2D eigenvalue weighted by atomic mass is 127. The second-order valence-corrected chi connectivity index (χ2v) is 5.30. The Labute approximate surface area is 134 Å². The fourth-order valence-electron chi connectivity index (χ4n) is 1.46. The second kappa shape index (κ2) is 8.69. The molecule has 0 aliphatic heterocycles. The van der Waals surface area contributed by atoms with E-state index in [-0.39, 0.29) is 19.0 Å². The van der Waals surface area contributed by atoms with Crippen molar-refractivity contribution in [3.05, 3.63) is 15.1 Å². The van der Waals surface area contributed by atoms with Crippen molar-refractivity contribution in [3.63, 3.8) is 0 Å². The predicted molar refractivity (Wildman–Crippen MR) is 80.0 cm³/mol. The van der Waals surface area contributed by atoms with Crippen LogP contribution in [0.2, 0.25) is 0 Å². The van der Waals surface area contributed by atoms with Crippen molar-refractivity contribution in [2.24, 2.45) is 0 Å². The van der Waals surface area contributed by atoms with Crippen molar-refractivity contribution in [2.45, 2.75) is 32.7 Å². The third-order valence-electron chi connectivity index (χ3n) is 2.29. The minimum atomic E-state index is -4.36. The Morgan fingerprint density at radius 3 is 2.52 bits per heavy atom. The molecule has 1 N–H and O–H groups in total. The maximum Gasteiger partial charge on any atom is 0.411 e. The fraction of sp³-hybridized carbons (Fsp3) is 0.667. The number of nitrogens with zero attached hydrogens (tertiary/aromatic N) is 2. The topological polar surface area (TPSA) is 56.3 Å². The number of methoxy groups -OCH3 is 1. The molecule has 0 aromatic carbocycles. The minimum absolute atomic E-state index is 0.199. The van der Waals surface area contributed by atoms with E-state index in [9.17, 15) is 13.2 Å². The number of hydrogen-bond donors (Lipinski definition) is 1. The Morgan fingerprint density at radius 2 is 1.95 bits per heavy atom. The third-order valence-corrected chi connectivity index (χ3v) is 3.42. The van der Waals surface area contributed by atoms with Gasteiger partial charge in [0, 0.05) is 13.7 Å². The first-order chi connectivity index (χ1) is 9.87. The first kappa shape index (κ1) is 18.4. The van der Waals surface area contributed by atoms with Crippen LogP contribution in [0.15, 0.2) is 0 Å². The summed E-state index contributed by atoms with van der Waals surface area (Å²) in [5.41, 5.74) is 0.623. The van der Waals surface area contributed by atoms with Gasteiger partial charge in [-0.25, -0.2) is 9.97 Å². The molecule has 0 unspecified atom stereocenters. The molecule has 0 saturated carbocycles. The van der Waals surface area contributed by atoms with Crippen LogP contribution >= 0.6 is 22.6 Å². The van der Waals surface area contributed by atoms with E-state index in [1.165, 1.54) is 7.11 Å². The molecule has 120 valence electrons. The summed E-state index contributed by atoms with van der Waals surface area (Å²) >= 11 is 2.08. The molecule has 0 saturated heterocycles. The van der Waals surface area contributed by atoms with E-state index in [2.05, 4.69) is 42.6 Å². The van der Waals surface area contributed by atoms with E-state index < -0.39 is 12.8 Å². The smallest absolute Gasteiger partial charge is 0.378 e. The van der Waals surface area contributed by atoms with Crippen LogP contribution in [-0.4, -0.2) is 36.4 Å². The van der Waals surface area contributed by atoms with Crippen LogP contribution in [0.5, 0.6) is 0 Å². The number of rotatable bonds is 8. The van der Waals surface area contributed by atoms with E-state index in [0.717, 1.165) is 9.99 Å². The number of ether oxygens (including phenoxy) is 2. The quantitative estimate of drug-likeness (QED) is 0.657. The lowest BCUT2D eigenvalue weighted by Gasteiger charge is -2.13. The van der Waals surface area contributed by atoms with Gasteiger partial charge in [0.1, 0.15) is 19.0 Å². The molecule has 21 heavy (non-hydrogen) atoms. The maximum absolute atomic E-state index is 12.1. The van der Waals surface area contributed by atoms with Gasteiger partial charge in [0.25, 0.3) is 0 Å². The normalized spacial score (nSPS) is 11.7. The molecule has 1 aromatic heterocycles. The molecule has 1 aromatic rings. The van der Waals surface area contributed by atoms with Crippen molar-refractivity contribution in [1.29, 1.82) is 0 Å². The zero-order valence-corrected chi connectivity index (χ0v) is 13.9. The standard InChI is InChI=1S/C12H17F3IN3O2/c1-3-4-17-11-10(16)8(5-20-2)18-9(19-11)6-21-7-12(13,14)15/h3-7H2,1-2H3,(H,17,18,19). The molecule has 1 rings (SSSR count). The van der Waals surface area contributed by atoms with Crippen LogP contribution in [0.25, 0.3) is 0 Å². The summed E-state index contributed by atoms with van der Waals surface area (Å²) in [5, 5.41) is 3.12. The Morgan fingerprint density at radius 1 is 1.24 bits per heavy atom. The van der Waals surface area contributed by atoms with E-state index in [0.29, 0.717) is 18.1 Å². The monoisotopic (exact) mass is 419 g/mol. The maximum atomic E-state index is 12.1. The largest absolute Gasteiger partial charge is 0.411 e. The minimum Gasteiger partial charge on any atom is -0.378 e. The van der Waals surface area contributed by atoms with Crippen LogP contribution in [0.3, 0.4) is 0 Å². The number of alkyl halides is 3. The van der Waals surface area contributed by atoms with Crippen molar-refractivity contribution in [2.75, 3.05) is 25.6 Å². The van der Waals surface area contributed by atoms with E-state index >= 15 is 0 Å². The van der Waals surface area contributed by atoms with E-state index in [1.54, 1.807) is 0 Å². The summed E-state index contributed by atoms with van der Waals surface area (Å²) in [4.78, 5) is 8.37. The van der Waals surface area contributed by atoms with Gasteiger partial charge in [-0.05, 0) is 29.0 Å². The van der Waals surface area contributed by atoms with Crippen molar-refractivity contribution in [3.8, 4) is 0 Å². The Bertz CT molecular complexity index is 458. The van der Waals surface area contributed by atoms with Crippen LogP contribution in [-0.2, 0) is 22.7 Å². The molecule has 0 radical (unpaired) electrons. The van der Waals surface area contributed by atoms with Gasteiger partial charge in [0.05, 0.1) is 15.9 Å². The zero-order valence-electron chi connectivity index (χ0n) is 11.8. The number of halogens is 4. The molecular formula is C12H17F3IN3O2. The molecule has 5 nitrogen and oxygen atoms in total. The SMILES string of the molecule is CCCNc1nc(COCC(F)(F)F)nc(COC)c1I. The Hall–Kier alpha value is -0.680. The van der Waals surface area contributed by atoms with Gasteiger partial charge in [-0.3, -0.25) is 0 Å². The van der Waals surface area contributed by atoms with Gasteiger partial charge in [-0.1, -0.05) is 6.92 Å². The summed E-state index contributed by atoms with van der Waals surface area (Å²) in [5.74, 6) is 0.787. The molecule has 1 heterocycles. The molecule has 9 heteroatoms. The van der Waals surface area contributed by atoms with Crippen LogP contribution in [0.1, 0.15) is 24.9 Å². The first-order valence-corrected chi connectivity index (χ1v) is 7.37. The number of anilines is 1. The van der Waals surface area contributed by atoms with E-state index in [4.69, 9.17) is 4.74 Å². The molecule has 0 amide bonds. The van der Waals surface area contributed by atoms with Gasteiger partial charge in [0.15, 0.2) is 5.82 Å². The molecule has 0 bridgehead atoms. The van der Waals surface area contributed by atoms with Crippen LogP contribution < -0.4 is 5.32 Å². The average molecular weight is 419 g/mol. The predicted octanol–water partition coefficient (Wildman–Crippen LogP) is 3.13. The first-order valence-electron chi connectivity index (χ1n) is 6.30. The van der Waals surface area contributed by atoms with Crippen molar-refractivity contribution in [1.82, 2.24) is 9.97 Å². The van der Waals surface area contributed by atoms with Crippen LogP contribution in [0.4, 0.5) is 19.0 Å². The highest BCUT2D eigenvalue weighted by Crippen LogP contribution is 2.21. The summed E-state index contributed by atoms with van der Waals surface area (Å²) < 4.78 is 46.6. The van der Waals surface area contributed by atoms with Crippen molar-refractivity contribution < 1.29 is 22.6 Å². The van der Waals surface area contributed by atoms with Crippen molar-refractivity contribution >= 4 is 28.4 Å². The molecular weight excluding hydrogens is 402 g/mol. The zero-order chi connectivity index (χ0) is 15.9. The Balaban J connectivity index is 2.84. The summed E-state index contributed by atoms with van der Waals surface area (Å²) in [7, 11) is 1.52. The lowest BCUT2D eigenvalue weighted by Crippen LogP contribution is -2.18. The third kappa shape index (κ3) is 6.74. The summed E-state index contributed by atoms with van der Waals surface area (Å²) in [6.07, 6.45) is -3.46. The Kier molecular flexibility index (Phi) is 7.60. The van der Waals surface area contributed by atoms with Crippen LogP contribution in [0, 0.1) is 3.57 Å². The number of nitrogens with one attached hydrogen (secondary N) is 1. The molecule has 0 fully saturated rings. The number of hydrogen-bond acceptors (Lipinski definition) is 5. The average Bonchev–Trinajstić information content (AvgIpc) is 2.39. The number of aromatic nitrogens is 2. The molecule has 0 aliphatic carbocycles. The highest BCUT2D eigenvalue weighted by molar-refractivity contribution is 14.1. The second-order valence-electron chi connectivity index (χ2n) is 4.22. The molecule has 0 aliphatic rings. The van der Waals surface area contributed by atoms with Gasteiger partial charge in [-0.15, -0.1) is 0 Å². The van der Waals surface area contributed by atoms with Gasteiger partial charge < -0.3 is 14.8 Å². The fourth-order valence-corrected chi connectivity index (χ4v) is 2.05. The highest BCUT2D eigenvalue weighted by Gasteiger charge is 2.27. The summed E-state index contributed by atoms with van der Waals surface area (Å²) in [6.45, 7) is 1.36. The van der Waals surface area contributed by atoms with Gasteiger partial charge in [-0.2, -0.15) is 13.2 Å². The molecule has 0 atom stereocenters. The molecule has 0 spiro atoms. The lowest BCUT2D eigenvalue weighted by molar-refractivity contribution is -0.177. The van der Waals surface area contributed by atoms with Gasteiger partial charge >= 0.3 is 6.18 Å². The summed E-state index contributed by atoms with van der Waals surface area (Å²) in [6, 6.07) is 0. The van der Waals surface area contributed by atoms with Gasteiger partial charge in [0.2, 0.25) is 0 Å². The van der Waals surface area contributed by atoms with E-state index in [1.807, 2.05) is 6.92 Å². The lowest BCUT2D eigenvalue weighted by atomic mass is 10.3.